The minimum absolute atomic E-state index is 0.0477. The number of anilines is 1. The SMILES string of the molecule is CC.CC(C)(C)CCCCCCC(=O)Nc1ccc(O)cc1.CCCCOC(C)(C)CN.O=CO. The minimum atomic E-state index is -0.250. The van der Waals surface area contributed by atoms with Gasteiger partial charge in [-0.1, -0.05) is 67.2 Å². The number of ether oxygens (including phenoxy) is 1. The number of carbonyl (C=O) groups excluding carboxylic acids is 1. The molecule has 7 nitrogen and oxygen atoms in total. The summed E-state index contributed by atoms with van der Waals surface area (Å²) in [7, 11) is 0. The van der Waals surface area contributed by atoms with E-state index in [2.05, 4.69) is 33.0 Å². The second-order valence-corrected chi connectivity index (χ2v) is 9.84. The molecule has 1 aromatic rings. The van der Waals surface area contributed by atoms with Crippen molar-refractivity contribution in [2.45, 2.75) is 112 Å². The lowest BCUT2D eigenvalue weighted by Gasteiger charge is -2.22. The molecule has 206 valence electrons. The lowest BCUT2D eigenvalue weighted by atomic mass is 9.89. The van der Waals surface area contributed by atoms with E-state index in [1.165, 1.54) is 25.7 Å². The zero-order valence-electron chi connectivity index (χ0n) is 23.7. The number of carboxylic acid groups (broad SMARTS) is 1. The number of amides is 1. The van der Waals surface area contributed by atoms with Crippen molar-refractivity contribution in [2.75, 3.05) is 18.5 Å². The molecule has 1 rings (SSSR count). The number of unbranched alkanes of at least 4 members (excludes halogenated alkanes) is 4. The predicted molar refractivity (Wildman–Crippen MR) is 148 cm³/mol. The van der Waals surface area contributed by atoms with E-state index in [1.54, 1.807) is 24.3 Å². The van der Waals surface area contributed by atoms with Gasteiger partial charge in [-0.05, 0) is 62.8 Å². The summed E-state index contributed by atoms with van der Waals surface area (Å²) in [5.74, 6) is 0.258. The fraction of sp³-hybridized carbons (Fsp3) is 0.714. The van der Waals surface area contributed by atoms with Crippen LogP contribution in [0.5, 0.6) is 5.75 Å². The molecule has 1 aromatic carbocycles. The monoisotopic (exact) mass is 498 g/mol. The Balaban J connectivity index is -0.000000572. The van der Waals surface area contributed by atoms with Gasteiger partial charge < -0.3 is 26.0 Å². The second-order valence-electron chi connectivity index (χ2n) is 9.84. The predicted octanol–water partition coefficient (Wildman–Crippen LogP) is 6.98. The summed E-state index contributed by atoms with van der Waals surface area (Å²) in [6.45, 7) is 18.1. The number of rotatable bonds is 12. The maximum absolute atomic E-state index is 11.7. The van der Waals surface area contributed by atoms with Crippen LogP contribution >= 0.6 is 0 Å². The van der Waals surface area contributed by atoms with E-state index in [-0.39, 0.29) is 23.7 Å². The third kappa shape index (κ3) is 29.8. The van der Waals surface area contributed by atoms with E-state index >= 15 is 0 Å². The molecule has 0 aliphatic carbocycles. The Kier molecular flexibility index (Phi) is 25.3. The summed E-state index contributed by atoms with van der Waals surface area (Å²) in [6, 6.07) is 6.55. The first-order chi connectivity index (χ1) is 16.4. The van der Waals surface area contributed by atoms with Gasteiger partial charge in [-0.15, -0.1) is 0 Å². The molecule has 0 atom stereocenters. The number of phenols is 1. The van der Waals surface area contributed by atoms with E-state index in [1.807, 2.05) is 27.7 Å². The molecule has 0 saturated carbocycles. The van der Waals surface area contributed by atoms with E-state index in [0.717, 1.165) is 31.6 Å². The molecule has 0 aromatic heterocycles. The number of hydrogen-bond acceptors (Lipinski definition) is 5. The van der Waals surface area contributed by atoms with Crippen LogP contribution in [-0.4, -0.2) is 41.3 Å². The molecule has 0 radical (unpaired) electrons. The summed E-state index contributed by atoms with van der Waals surface area (Å²) < 4.78 is 5.49. The van der Waals surface area contributed by atoms with Gasteiger partial charge in [0.25, 0.3) is 6.47 Å². The lowest BCUT2D eigenvalue weighted by molar-refractivity contribution is -0.123. The van der Waals surface area contributed by atoms with Crippen molar-refractivity contribution in [3.63, 3.8) is 0 Å². The quantitative estimate of drug-likeness (QED) is 0.140. The Morgan fingerprint density at radius 2 is 1.51 bits per heavy atom. The number of aromatic hydroxyl groups is 1. The van der Waals surface area contributed by atoms with Gasteiger partial charge in [-0.3, -0.25) is 9.59 Å². The Bertz CT molecular complexity index is 611. The molecule has 5 N–H and O–H groups in total. The smallest absolute Gasteiger partial charge is 0.290 e. The molecule has 0 spiro atoms. The third-order valence-electron chi connectivity index (χ3n) is 4.71. The number of benzene rings is 1. The molecule has 35 heavy (non-hydrogen) atoms. The van der Waals surface area contributed by atoms with Gasteiger partial charge in [0.2, 0.25) is 5.91 Å². The Labute approximate surface area is 214 Å². The highest BCUT2D eigenvalue weighted by Gasteiger charge is 2.14. The van der Waals surface area contributed by atoms with Gasteiger partial charge in [0, 0.05) is 25.3 Å². The van der Waals surface area contributed by atoms with Crippen LogP contribution < -0.4 is 11.1 Å². The molecule has 0 aliphatic heterocycles. The van der Waals surface area contributed by atoms with Crippen LogP contribution in [-0.2, 0) is 14.3 Å². The van der Waals surface area contributed by atoms with Crippen molar-refractivity contribution >= 4 is 18.1 Å². The van der Waals surface area contributed by atoms with Crippen molar-refractivity contribution in [1.29, 1.82) is 0 Å². The standard InChI is InChI=1S/C17H27NO2.C8H19NO.C2H6.CH2O2/c1-17(2,3)13-7-5-4-6-8-16(20)18-14-9-11-15(19)12-10-14;1-4-5-6-10-8(2,3)7-9;1-2;2-1-3/h9-12,19H,4-8,13H2,1-3H3,(H,18,20);4-7,9H2,1-3H3;1-2H3;1H,(H,2,3). The van der Waals surface area contributed by atoms with Crippen LogP contribution in [0.3, 0.4) is 0 Å². The fourth-order valence-electron chi connectivity index (χ4n) is 2.61. The lowest BCUT2D eigenvalue weighted by Crippen LogP contribution is -2.34. The van der Waals surface area contributed by atoms with E-state index in [0.29, 0.717) is 18.4 Å². The summed E-state index contributed by atoms with van der Waals surface area (Å²) in [5.41, 5.74) is 6.48. The first kappa shape index (κ1) is 37.4. The highest BCUT2D eigenvalue weighted by Crippen LogP contribution is 2.22. The third-order valence-corrected chi connectivity index (χ3v) is 4.71. The van der Waals surface area contributed by atoms with Gasteiger partial charge in [-0.2, -0.15) is 0 Å². The number of hydrogen-bond donors (Lipinski definition) is 4. The van der Waals surface area contributed by atoms with Gasteiger partial charge in [-0.25, -0.2) is 0 Å². The van der Waals surface area contributed by atoms with Gasteiger partial charge >= 0.3 is 0 Å². The van der Waals surface area contributed by atoms with E-state index in [9.17, 15) is 4.79 Å². The van der Waals surface area contributed by atoms with Crippen LogP contribution in [0.15, 0.2) is 24.3 Å². The normalized spacial score (nSPS) is 10.4. The van der Waals surface area contributed by atoms with Crippen molar-refractivity contribution in [2.24, 2.45) is 11.1 Å². The zero-order valence-corrected chi connectivity index (χ0v) is 23.7. The molecule has 0 heterocycles. The maximum Gasteiger partial charge on any atom is 0.290 e. The summed E-state index contributed by atoms with van der Waals surface area (Å²) in [4.78, 5) is 20.1. The average Bonchev–Trinajstić information content (AvgIpc) is 2.79. The number of nitrogens with two attached hydrogens (primary N) is 1. The maximum atomic E-state index is 11.7. The first-order valence-corrected chi connectivity index (χ1v) is 12.9. The average molecular weight is 499 g/mol. The highest BCUT2D eigenvalue weighted by atomic mass is 16.5. The van der Waals surface area contributed by atoms with Crippen molar-refractivity contribution < 1.29 is 24.5 Å². The van der Waals surface area contributed by atoms with Crippen LogP contribution in [0.1, 0.15) is 107 Å². The van der Waals surface area contributed by atoms with E-state index < -0.39 is 0 Å². The Hall–Kier alpha value is -2.12. The second kappa shape index (κ2) is 23.6. The number of nitrogens with one attached hydrogen (secondary N) is 1. The van der Waals surface area contributed by atoms with Crippen LogP contribution in [0.2, 0.25) is 0 Å². The van der Waals surface area contributed by atoms with Gasteiger partial charge in [0.15, 0.2) is 0 Å². The number of carbonyl (C=O) groups is 2. The molecular formula is C28H54N2O5. The zero-order chi connectivity index (χ0) is 27.8. The Morgan fingerprint density at radius 1 is 1.00 bits per heavy atom. The first-order valence-electron chi connectivity index (χ1n) is 12.9. The van der Waals surface area contributed by atoms with Crippen LogP contribution in [0.25, 0.3) is 0 Å². The molecule has 0 fully saturated rings. The topological polar surface area (TPSA) is 122 Å². The highest BCUT2D eigenvalue weighted by molar-refractivity contribution is 5.90. The molecule has 1 amide bonds. The van der Waals surface area contributed by atoms with Crippen LogP contribution in [0.4, 0.5) is 5.69 Å². The Morgan fingerprint density at radius 3 is 1.97 bits per heavy atom. The molecular weight excluding hydrogens is 444 g/mol. The van der Waals surface area contributed by atoms with E-state index in [4.69, 9.17) is 25.5 Å². The molecule has 0 unspecified atom stereocenters. The van der Waals surface area contributed by atoms with Crippen LogP contribution in [0, 0.1) is 5.41 Å². The van der Waals surface area contributed by atoms with Crippen molar-refractivity contribution in [3.05, 3.63) is 24.3 Å². The van der Waals surface area contributed by atoms with Gasteiger partial charge in [0.1, 0.15) is 5.75 Å². The molecule has 7 heteroatoms. The van der Waals surface area contributed by atoms with Crippen molar-refractivity contribution in [3.8, 4) is 5.75 Å². The summed E-state index contributed by atoms with van der Waals surface area (Å²) >= 11 is 0. The fourth-order valence-corrected chi connectivity index (χ4v) is 2.61. The van der Waals surface area contributed by atoms with Crippen molar-refractivity contribution in [1.82, 2.24) is 0 Å². The molecule has 0 saturated heterocycles. The summed E-state index contributed by atoms with van der Waals surface area (Å²) in [5, 5.41) is 18.9. The summed E-state index contributed by atoms with van der Waals surface area (Å²) in [6.07, 6.45) is 8.60. The van der Waals surface area contributed by atoms with Gasteiger partial charge in [0.05, 0.1) is 5.60 Å². The largest absolute Gasteiger partial charge is 0.508 e. The molecule has 0 bridgehead atoms. The minimum Gasteiger partial charge on any atom is -0.508 e. The number of phenolic OH excluding ortho intramolecular Hbond substituents is 1. The molecule has 0 aliphatic rings.